The van der Waals surface area contributed by atoms with Gasteiger partial charge in [0.15, 0.2) is 5.82 Å². The van der Waals surface area contributed by atoms with Crippen LogP contribution in [0.1, 0.15) is 58.2 Å². The van der Waals surface area contributed by atoms with Crippen LogP contribution in [0, 0.1) is 5.92 Å². The van der Waals surface area contributed by atoms with Crippen molar-refractivity contribution in [3.05, 3.63) is 11.7 Å². The third kappa shape index (κ3) is 4.27. The zero-order valence-electron chi connectivity index (χ0n) is 13.2. The largest absolute Gasteiger partial charge is 0.469 e. The molecule has 1 fully saturated rings. The second kappa shape index (κ2) is 6.56. The Kier molecular flexibility index (Phi) is 4.98. The van der Waals surface area contributed by atoms with Crippen molar-refractivity contribution >= 4 is 5.97 Å². The summed E-state index contributed by atoms with van der Waals surface area (Å²) in [6.45, 7) is 6.44. The van der Waals surface area contributed by atoms with Gasteiger partial charge in [-0.15, -0.1) is 0 Å². The molecule has 0 aromatic carbocycles. The number of hydrogen-bond acceptors (Lipinski definition) is 6. The van der Waals surface area contributed by atoms with Gasteiger partial charge in [0.25, 0.3) is 0 Å². The Labute approximate surface area is 125 Å². The zero-order valence-corrected chi connectivity index (χ0v) is 13.2. The molecule has 0 amide bonds. The summed E-state index contributed by atoms with van der Waals surface area (Å²) in [7, 11) is 1.44. The Hall–Kier alpha value is -1.43. The molecule has 0 bridgehead atoms. The van der Waals surface area contributed by atoms with Crippen molar-refractivity contribution in [1.82, 2.24) is 10.1 Å². The minimum atomic E-state index is -0.149. The molecule has 0 unspecified atom stereocenters. The molecule has 1 aliphatic rings. The minimum absolute atomic E-state index is 0.0209. The van der Waals surface area contributed by atoms with E-state index in [0.717, 1.165) is 25.7 Å². The van der Waals surface area contributed by atoms with Gasteiger partial charge in [0.2, 0.25) is 5.89 Å². The fraction of sp³-hybridized carbons (Fsp3) is 0.800. The van der Waals surface area contributed by atoms with Crippen LogP contribution in [0.4, 0.5) is 0 Å². The average molecular weight is 296 g/mol. The minimum Gasteiger partial charge on any atom is -0.469 e. The van der Waals surface area contributed by atoms with E-state index in [-0.39, 0.29) is 23.4 Å². The molecule has 0 saturated heterocycles. The number of ether oxygens (including phenoxy) is 2. The van der Waals surface area contributed by atoms with E-state index in [0.29, 0.717) is 18.3 Å². The predicted octanol–water partition coefficient (Wildman–Crippen LogP) is 2.62. The molecule has 1 heterocycles. The van der Waals surface area contributed by atoms with E-state index in [1.165, 1.54) is 7.11 Å². The zero-order chi connectivity index (χ0) is 15.5. The first-order valence-corrected chi connectivity index (χ1v) is 7.42. The van der Waals surface area contributed by atoms with Crippen LogP contribution in [-0.4, -0.2) is 29.3 Å². The average Bonchev–Trinajstić information content (AvgIpc) is 2.94. The molecular weight excluding hydrogens is 272 g/mol. The van der Waals surface area contributed by atoms with Crippen molar-refractivity contribution in [3.63, 3.8) is 0 Å². The second-order valence-electron chi connectivity index (χ2n) is 6.57. The van der Waals surface area contributed by atoms with E-state index in [1.54, 1.807) is 0 Å². The van der Waals surface area contributed by atoms with E-state index >= 15 is 0 Å². The molecule has 0 N–H and O–H groups in total. The highest BCUT2D eigenvalue weighted by atomic mass is 16.5. The van der Waals surface area contributed by atoms with Gasteiger partial charge in [-0.3, -0.25) is 4.79 Å². The molecule has 6 heteroatoms. The molecule has 1 aromatic heterocycles. The van der Waals surface area contributed by atoms with E-state index in [1.807, 2.05) is 20.8 Å². The maximum absolute atomic E-state index is 11.5. The Balaban J connectivity index is 1.77. The quantitative estimate of drug-likeness (QED) is 0.795. The van der Waals surface area contributed by atoms with Gasteiger partial charge in [-0.2, -0.15) is 4.98 Å². The Morgan fingerprint density at radius 2 is 1.95 bits per heavy atom. The molecule has 2 rings (SSSR count). The van der Waals surface area contributed by atoms with Crippen molar-refractivity contribution < 1.29 is 18.8 Å². The number of carbonyl (C=O) groups excluding carboxylic acids is 1. The van der Waals surface area contributed by atoms with Gasteiger partial charge >= 0.3 is 5.97 Å². The Bertz CT molecular complexity index is 470. The van der Waals surface area contributed by atoms with Crippen molar-refractivity contribution in [1.29, 1.82) is 0 Å². The molecule has 0 spiro atoms. The maximum Gasteiger partial charge on any atom is 0.308 e. The molecule has 6 nitrogen and oxygen atoms in total. The van der Waals surface area contributed by atoms with Gasteiger partial charge in [-0.25, -0.2) is 0 Å². The lowest BCUT2D eigenvalue weighted by atomic mass is 9.87. The standard InChI is InChI=1S/C15H24N2O4/c1-15(2,3)14-16-12(17-21-14)9-20-11-7-5-10(6-8-11)13(18)19-4/h10-11H,5-9H2,1-4H3. The Morgan fingerprint density at radius 1 is 1.29 bits per heavy atom. The van der Waals surface area contributed by atoms with Crippen LogP contribution in [-0.2, 0) is 26.3 Å². The summed E-state index contributed by atoms with van der Waals surface area (Å²) in [6.07, 6.45) is 3.52. The SMILES string of the molecule is COC(=O)C1CCC(OCc2noc(C(C)(C)C)n2)CC1. The summed E-state index contributed by atoms with van der Waals surface area (Å²) in [6, 6.07) is 0. The van der Waals surface area contributed by atoms with Crippen molar-refractivity contribution in [2.24, 2.45) is 5.92 Å². The van der Waals surface area contributed by atoms with Gasteiger partial charge in [-0.1, -0.05) is 25.9 Å². The lowest BCUT2D eigenvalue weighted by Gasteiger charge is -2.26. The number of methoxy groups -OCH3 is 1. The molecule has 0 aliphatic heterocycles. The van der Waals surface area contributed by atoms with Gasteiger partial charge in [0.05, 0.1) is 19.1 Å². The molecule has 0 atom stereocenters. The Morgan fingerprint density at radius 3 is 2.48 bits per heavy atom. The summed E-state index contributed by atoms with van der Waals surface area (Å²) in [4.78, 5) is 15.8. The van der Waals surface area contributed by atoms with Gasteiger partial charge in [-0.05, 0) is 25.7 Å². The molecule has 1 aromatic rings. The maximum atomic E-state index is 11.5. The van der Waals surface area contributed by atoms with Crippen LogP contribution < -0.4 is 0 Å². The highest BCUT2D eigenvalue weighted by Gasteiger charge is 2.28. The number of hydrogen-bond donors (Lipinski definition) is 0. The first kappa shape index (κ1) is 15.9. The van der Waals surface area contributed by atoms with Crippen molar-refractivity contribution in [2.45, 2.75) is 64.6 Å². The van der Waals surface area contributed by atoms with E-state index in [9.17, 15) is 4.79 Å². The number of carbonyl (C=O) groups is 1. The smallest absolute Gasteiger partial charge is 0.308 e. The number of rotatable bonds is 4. The second-order valence-corrected chi connectivity index (χ2v) is 6.57. The van der Waals surface area contributed by atoms with Crippen LogP contribution in [0.2, 0.25) is 0 Å². The molecule has 0 radical (unpaired) electrons. The highest BCUT2D eigenvalue weighted by Crippen LogP contribution is 2.27. The predicted molar refractivity (Wildman–Crippen MR) is 75.5 cm³/mol. The summed E-state index contributed by atoms with van der Waals surface area (Å²) < 4.78 is 15.8. The fourth-order valence-electron chi connectivity index (χ4n) is 2.44. The van der Waals surface area contributed by atoms with E-state index < -0.39 is 0 Å². The van der Waals surface area contributed by atoms with Crippen LogP contribution in [0.15, 0.2) is 4.52 Å². The first-order valence-electron chi connectivity index (χ1n) is 7.42. The van der Waals surface area contributed by atoms with Gasteiger partial charge in [0, 0.05) is 5.41 Å². The summed E-state index contributed by atoms with van der Waals surface area (Å²) in [5.41, 5.74) is -0.149. The van der Waals surface area contributed by atoms with Gasteiger partial charge in [0.1, 0.15) is 6.61 Å². The summed E-state index contributed by atoms with van der Waals surface area (Å²) in [5.74, 6) is 1.11. The first-order chi connectivity index (χ1) is 9.90. The molecule has 1 saturated carbocycles. The van der Waals surface area contributed by atoms with Crippen LogP contribution in [0.25, 0.3) is 0 Å². The number of esters is 1. The normalized spacial score (nSPS) is 23.0. The van der Waals surface area contributed by atoms with E-state index in [2.05, 4.69) is 10.1 Å². The third-order valence-corrected chi connectivity index (χ3v) is 3.77. The van der Waals surface area contributed by atoms with Gasteiger partial charge < -0.3 is 14.0 Å². The van der Waals surface area contributed by atoms with Crippen molar-refractivity contribution in [2.75, 3.05) is 7.11 Å². The lowest BCUT2D eigenvalue weighted by molar-refractivity contribution is -0.147. The molecule has 21 heavy (non-hydrogen) atoms. The fourth-order valence-corrected chi connectivity index (χ4v) is 2.44. The summed E-state index contributed by atoms with van der Waals surface area (Å²) in [5, 5.41) is 3.94. The molecular formula is C15H24N2O4. The molecule has 118 valence electrons. The number of nitrogens with zero attached hydrogens (tertiary/aromatic N) is 2. The van der Waals surface area contributed by atoms with Crippen molar-refractivity contribution in [3.8, 4) is 0 Å². The van der Waals surface area contributed by atoms with Crippen LogP contribution in [0.3, 0.4) is 0 Å². The van der Waals surface area contributed by atoms with E-state index in [4.69, 9.17) is 14.0 Å². The number of aromatic nitrogens is 2. The van der Waals surface area contributed by atoms with Crippen LogP contribution in [0.5, 0.6) is 0 Å². The topological polar surface area (TPSA) is 74.5 Å². The highest BCUT2D eigenvalue weighted by molar-refractivity contribution is 5.72. The summed E-state index contributed by atoms with van der Waals surface area (Å²) >= 11 is 0. The third-order valence-electron chi connectivity index (χ3n) is 3.77. The molecule has 1 aliphatic carbocycles. The van der Waals surface area contributed by atoms with Crippen LogP contribution >= 0.6 is 0 Å². The monoisotopic (exact) mass is 296 g/mol. The lowest BCUT2D eigenvalue weighted by Crippen LogP contribution is -2.27.